The highest BCUT2D eigenvalue weighted by molar-refractivity contribution is 9.08. The fourth-order valence-corrected chi connectivity index (χ4v) is 1.29. The minimum absolute atomic E-state index is 0.342. The Balaban J connectivity index is 2.75. The minimum Gasteiger partial charge on any atom is -0.455 e. The first-order valence-electron chi connectivity index (χ1n) is 4.66. The molecule has 0 N–H and O–H groups in total. The van der Waals surface area contributed by atoms with Gasteiger partial charge in [0, 0.05) is 11.5 Å². The van der Waals surface area contributed by atoms with Crippen LogP contribution in [0.15, 0.2) is 18.3 Å². The largest absolute Gasteiger partial charge is 0.455 e. The third-order valence-electron chi connectivity index (χ3n) is 1.59. The van der Waals surface area contributed by atoms with Crippen LogP contribution >= 0.6 is 15.9 Å². The molecule has 0 amide bonds. The topological polar surface area (TPSA) is 39.2 Å². The maximum Gasteiger partial charge on any atom is 0.357 e. The summed E-state index contributed by atoms with van der Waals surface area (Å²) in [5, 5.41) is 0.731. The monoisotopic (exact) mass is 271 g/mol. The van der Waals surface area contributed by atoms with E-state index in [9.17, 15) is 4.79 Å². The first-order chi connectivity index (χ1) is 6.92. The lowest BCUT2D eigenvalue weighted by molar-refractivity contribution is 0.00629. The van der Waals surface area contributed by atoms with Crippen LogP contribution in [0.5, 0.6) is 0 Å². The zero-order valence-electron chi connectivity index (χ0n) is 9.08. The summed E-state index contributed by atoms with van der Waals surface area (Å²) in [6.45, 7) is 5.49. The van der Waals surface area contributed by atoms with Crippen molar-refractivity contribution in [2.45, 2.75) is 31.7 Å². The highest BCUT2D eigenvalue weighted by Crippen LogP contribution is 2.11. The average molecular weight is 272 g/mol. The number of halogens is 1. The maximum absolute atomic E-state index is 11.6. The molecule has 0 aliphatic heterocycles. The predicted octanol–water partition coefficient (Wildman–Crippen LogP) is 2.93. The van der Waals surface area contributed by atoms with Gasteiger partial charge in [-0.1, -0.05) is 22.0 Å². The van der Waals surface area contributed by atoms with Gasteiger partial charge in [0.25, 0.3) is 0 Å². The second-order valence-corrected chi connectivity index (χ2v) is 4.75. The van der Waals surface area contributed by atoms with Crippen LogP contribution in [0.25, 0.3) is 0 Å². The summed E-state index contributed by atoms with van der Waals surface area (Å²) in [5.74, 6) is -0.386. The van der Waals surface area contributed by atoms with Crippen molar-refractivity contribution in [3.63, 3.8) is 0 Å². The molecular weight excluding hydrogens is 258 g/mol. The van der Waals surface area contributed by atoms with Crippen LogP contribution in [0, 0.1) is 0 Å². The van der Waals surface area contributed by atoms with Gasteiger partial charge in [-0.25, -0.2) is 9.78 Å². The van der Waals surface area contributed by atoms with E-state index >= 15 is 0 Å². The molecule has 0 aromatic carbocycles. The lowest BCUT2D eigenvalue weighted by Gasteiger charge is -2.18. The van der Waals surface area contributed by atoms with Gasteiger partial charge in [-0.2, -0.15) is 0 Å². The zero-order chi connectivity index (χ0) is 11.5. The number of nitrogens with zero attached hydrogens (tertiary/aromatic N) is 1. The van der Waals surface area contributed by atoms with E-state index in [-0.39, 0.29) is 5.97 Å². The SMILES string of the molecule is CC(C)(C)OC(=O)c1ccc(CBr)cn1. The van der Waals surface area contributed by atoms with E-state index in [0.717, 1.165) is 10.9 Å². The van der Waals surface area contributed by atoms with Gasteiger partial charge in [-0.15, -0.1) is 0 Å². The van der Waals surface area contributed by atoms with Gasteiger partial charge in [0.1, 0.15) is 11.3 Å². The standard InChI is InChI=1S/C11H14BrNO2/c1-11(2,3)15-10(14)9-5-4-8(6-12)7-13-9/h4-5,7H,6H2,1-3H3. The molecule has 0 aliphatic carbocycles. The van der Waals surface area contributed by atoms with Crippen LogP contribution in [0.3, 0.4) is 0 Å². The number of alkyl halides is 1. The molecule has 0 radical (unpaired) electrons. The van der Waals surface area contributed by atoms with Gasteiger partial charge in [0.15, 0.2) is 0 Å². The molecule has 0 bridgehead atoms. The molecule has 4 heteroatoms. The summed E-state index contributed by atoms with van der Waals surface area (Å²) in [7, 11) is 0. The Morgan fingerprint density at radius 1 is 1.47 bits per heavy atom. The van der Waals surface area contributed by atoms with Crippen molar-refractivity contribution in [1.29, 1.82) is 0 Å². The summed E-state index contributed by atoms with van der Waals surface area (Å²) in [6.07, 6.45) is 1.66. The first-order valence-corrected chi connectivity index (χ1v) is 5.79. The number of hydrogen-bond donors (Lipinski definition) is 0. The minimum atomic E-state index is -0.479. The normalized spacial score (nSPS) is 11.2. The van der Waals surface area contributed by atoms with Crippen LogP contribution in [-0.2, 0) is 10.1 Å². The molecule has 0 spiro atoms. The molecule has 0 aliphatic rings. The Bertz CT molecular complexity index is 341. The quantitative estimate of drug-likeness (QED) is 0.613. The summed E-state index contributed by atoms with van der Waals surface area (Å²) >= 11 is 3.31. The number of carbonyl (C=O) groups excluding carboxylic acids is 1. The molecule has 0 fully saturated rings. The number of carbonyl (C=O) groups is 1. The molecular formula is C11H14BrNO2. The maximum atomic E-state index is 11.6. The van der Waals surface area contributed by atoms with Crippen LogP contribution in [0.2, 0.25) is 0 Å². The zero-order valence-corrected chi connectivity index (χ0v) is 10.7. The Kier molecular flexibility index (Phi) is 3.85. The number of ether oxygens (including phenoxy) is 1. The van der Waals surface area contributed by atoms with Crippen molar-refractivity contribution in [3.8, 4) is 0 Å². The molecule has 82 valence electrons. The summed E-state index contributed by atoms with van der Waals surface area (Å²) in [4.78, 5) is 15.6. The van der Waals surface area contributed by atoms with Gasteiger partial charge in [0.2, 0.25) is 0 Å². The lowest BCUT2D eigenvalue weighted by Crippen LogP contribution is -2.24. The van der Waals surface area contributed by atoms with E-state index in [1.54, 1.807) is 12.3 Å². The van der Waals surface area contributed by atoms with Gasteiger partial charge in [-0.05, 0) is 32.4 Å². The van der Waals surface area contributed by atoms with Crippen LogP contribution in [-0.4, -0.2) is 16.6 Å². The Morgan fingerprint density at radius 3 is 2.53 bits per heavy atom. The molecule has 0 saturated heterocycles. The molecule has 1 aromatic rings. The second-order valence-electron chi connectivity index (χ2n) is 4.19. The summed E-state index contributed by atoms with van der Waals surface area (Å²) in [5.41, 5.74) is 0.893. The third kappa shape index (κ3) is 4.00. The van der Waals surface area contributed by atoms with E-state index in [2.05, 4.69) is 20.9 Å². The van der Waals surface area contributed by atoms with Crippen molar-refractivity contribution in [2.75, 3.05) is 0 Å². The van der Waals surface area contributed by atoms with E-state index in [1.165, 1.54) is 0 Å². The number of hydrogen-bond acceptors (Lipinski definition) is 3. The van der Waals surface area contributed by atoms with Crippen molar-refractivity contribution in [3.05, 3.63) is 29.6 Å². The number of aromatic nitrogens is 1. The molecule has 0 saturated carbocycles. The predicted molar refractivity (Wildman–Crippen MR) is 62.0 cm³/mol. The van der Waals surface area contributed by atoms with Gasteiger partial charge in [0.05, 0.1) is 0 Å². The molecule has 0 atom stereocenters. The van der Waals surface area contributed by atoms with Crippen LogP contribution in [0.4, 0.5) is 0 Å². The van der Waals surface area contributed by atoms with Gasteiger partial charge in [-0.3, -0.25) is 0 Å². The molecule has 15 heavy (non-hydrogen) atoms. The fraction of sp³-hybridized carbons (Fsp3) is 0.455. The Morgan fingerprint density at radius 2 is 2.13 bits per heavy atom. The summed E-state index contributed by atoms with van der Waals surface area (Å²) in [6, 6.07) is 3.52. The molecule has 3 nitrogen and oxygen atoms in total. The van der Waals surface area contributed by atoms with E-state index in [1.807, 2.05) is 26.8 Å². The fourth-order valence-electron chi connectivity index (χ4n) is 0.955. The number of pyridine rings is 1. The van der Waals surface area contributed by atoms with Crippen molar-refractivity contribution >= 4 is 21.9 Å². The van der Waals surface area contributed by atoms with Crippen molar-refractivity contribution in [1.82, 2.24) is 4.98 Å². The average Bonchev–Trinajstić information content (AvgIpc) is 2.15. The first kappa shape index (κ1) is 12.2. The molecule has 1 heterocycles. The smallest absolute Gasteiger partial charge is 0.357 e. The van der Waals surface area contributed by atoms with E-state index < -0.39 is 5.60 Å². The van der Waals surface area contributed by atoms with Crippen LogP contribution in [0.1, 0.15) is 36.8 Å². The van der Waals surface area contributed by atoms with Crippen molar-refractivity contribution in [2.24, 2.45) is 0 Å². The third-order valence-corrected chi connectivity index (χ3v) is 2.23. The van der Waals surface area contributed by atoms with Crippen molar-refractivity contribution < 1.29 is 9.53 Å². The highest BCUT2D eigenvalue weighted by Gasteiger charge is 2.18. The van der Waals surface area contributed by atoms with E-state index in [0.29, 0.717) is 5.69 Å². The Hall–Kier alpha value is -0.900. The van der Waals surface area contributed by atoms with Gasteiger partial charge < -0.3 is 4.74 Å². The summed E-state index contributed by atoms with van der Waals surface area (Å²) < 4.78 is 5.18. The molecule has 1 rings (SSSR count). The Labute approximate surface area is 98.0 Å². The molecule has 1 aromatic heterocycles. The highest BCUT2D eigenvalue weighted by atomic mass is 79.9. The number of esters is 1. The molecule has 0 unspecified atom stereocenters. The van der Waals surface area contributed by atoms with Crippen LogP contribution < -0.4 is 0 Å². The second kappa shape index (κ2) is 4.75. The van der Waals surface area contributed by atoms with Gasteiger partial charge >= 0.3 is 5.97 Å². The lowest BCUT2D eigenvalue weighted by atomic mass is 10.2. The number of rotatable bonds is 2. The van der Waals surface area contributed by atoms with E-state index in [4.69, 9.17) is 4.74 Å².